The summed E-state index contributed by atoms with van der Waals surface area (Å²) in [5.74, 6) is 0.910. The molecule has 2 aliphatic rings. The number of hydrogen-bond donors (Lipinski definition) is 3. The average molecular weight is 587 g/mol. The first-order chi connectivity index (χ1) is 16.8. The number of ether oxygens (including phenoxy) is 1. The molecule has 0 radical (unpaired) electrons. The van der Waals surface area contributed by atoms with E-state index >= 15 is 0 Å². The van der Waals surface area contributed by atoms with E-state index in [1.54, 1.807) is 0 Å². The van der Waals surface area contributed by atoms with Crippen molar-refractivity contribution in [2.75, 3.05) is 11.9 Å². The second-order valence-corrected chi connectivity index (χ2v) is 15.5. The molecule has 0 saturated heterocycles. The van der Waals surface area contributed by atoms with Gasteiger partial charge in [-0.15, -0.1) is 12.8 Å². The van der Waals surface area contributed by atoms with Crippen molar-refractivity contribution in [3.63, 3.8) is 0 Å². The summed E-state index contributed by atoms with van der Waals surface area (Å²) in [5.41, 5.74) is 3.84. The maximum atomic E-state index is 15.0. The quantitative estimate of drug-likeness (QED) is 0.222. The number of anilines is 2. The molecule has 35 heavy (non-hydrogen) atoms. The van der Waals surface area contributed by atoms with E-state index in [1.165, 1.54) is 9.08 Å². The Hall–Kier alpha value is -2.06. The Labute approximate surface area is 217 Å². The molecule has 4 rings (SSSR count). The van der Waals surface area contributed by atoms with E-state index in [0.29, 0.717) is 30.6 Å². The van der Waals surface area contributed by atoms with E-state index in [9.17, 15) is 4.39 Å². The van der Waals surface area contributed by atoms with Crippen LogP contribution in [-0.2, 0) is 11.3 Å². The van der Waals surface area contributed by atoms with Crippen LogP contribution in [-0.4, -0.2) is 43.4 Å². The molecule has 1 saturated carbocycles. The number of aromatic nitrogens is 2. The van der Waals surface area contributed by atoms with Gasteiger partial charge in [0.1, 0.15) is 0 Å². The molecule has 1 aromatic heterocycles. The summed E-state index contributed by atoms with van der Waals surface area (Å²) in [7, 11) is 0. The van der Waals surface area contributed by atoms with Crippen LogP contribution in [0.15, 0.2) is 42.0 Å². The second kappa shape index (κ2) is 12.3. The van der Waals surface area contributed by atoms with Crippen LogP contribution in [0.3, 0.4) is 0 Å². The van der Waals surface area contributed by atoms with E-state index < -0.39 is 20.5 Å². The number of halogens is 1. The zero-order valence-electron chi connectivity index (χ0n) is 21.5. The molecule has 5 nitrogen and oxygen atoms in total. The number of fused-ring (bicyclic) bond motifs is 1. The van der Waals surface area contributed by atoms with Crippen molar-refractivity contribution < 1.29 is 9.13 Å². The maximum Gasteiger partial charge on any atom is -0.0134 e. The Balaban J connectivity index is 0.00000167. The molecule has 1 aromatic carbocycles. The van der Waals surface area contributed by atoms with E-state index in [1.807, 2.05) is 19.1 Å². The smallest absolute Gasteiger partial charge is 0.0134 e. The molecule has 0 spiro atoms. The minimum absolute atomic E-state index is 0.114. The maximum absolute atomic E-state index is 15.0. The van der Waals surface area contributed by atoms with Crippen LogP contribution in [0.4, 0.5) is 15.9 Å². The van der Waals surface area contributed by atoms with Gasteiger partial charge in [0, 0.05) is 0 Å². The largest absolute Gasteiger partial charge is 0.0561 e. The summed E-state index contributed by atoms with van der Waals surface area (Å²) < 4.78 is 25.8. The molecule has 3 N–H and O–H groups in total. The van der Waals surface area contributed by atoms with Gasteiger partial charge in [0.25, 0.3) is 0 Å². The van der Waals surface area contributed by atoms with Crippen LogP contribution >= 0.6 is 0 Å². The van der Waals surface area contributed by atoms with Gasteiger partial charge in [-0.25, -0.2) is 0 Å². The Morgan fingerprint density at radius 1 is 1.31 bits per heavy atom. The van der Waals surface area contributed by atoms with Crippen molar-refractivity contribution in [2.45, 2.75) is 70.4 Å². The summed E-state index contributed by atoms with van der Waals surface area (Å²) in [4.78, 5) is 2.24. The number of nitrogens with one attached hydrogen (secondary N) is 3. The minimum atomic E-state index is -1.62. The van der Waals surface area contributed by atoms with Crippen molar-refractivity contribution in [3.8, 4) is 12.8 Å². The van der Waals surface area contributed by atoms with Gasteiger partial charge in [-0.2, -0.15) is 0 Å². The molecule has 2 heterocycles. The molecule has 1 fully saturated rings. The van der Waals surface area contributed by atoms with Gasteiger partial charge >= 0.3 is 142 Å². The second-order valence-electron chi connectivity index (χ2n) is 10.0. The van der Waals surface area contributed by atoms with Crippen molar-refractivity contribution >= 4 is 35.5 Å². The predicted molar refractivity (Wildman–Crippen MR) is 145 cm³/mol. The fraction of sp³-hybridized carbons (Fsp3) is 0.464. The van der Waals surface area contributed by atoms with Crippen LogP contribution < -0.4 is 12.3 Å². The number of benzene rings is 1. The minimum Gasteiger partial charge on any atom is -0.0561 e. The number of hydrogen-bond acceptors (Lipinski definition) is 4. The van der Waals surface area contributed by atoms with Gasteiger partial charge in [-0.05, 0) is 17.9 Å². The van der Waals surface area contributed by atoms with Crippen molar-refractivity contribution in [1.82, 2.24) is 13.7 Å². The Morgan fingerprint density at radius 2 is 2.09 bits per heavy atom. The van der Waals surface area contributed by atoms with Gasteiger partial charge in [0.15, 0.2) is 0 Å². The van der Waals surface area contributed by atoms with Gasteiger partial charge in [0.05, 0.1) is 6.61 Å². The number of nitrogens with zero attached hydrogens (tertiary/aromatic N) is 1. The zero-order valence-corrected chi connectivity index (χ0v) is 24.0. The van der Waals surface area contributed by atoms with Crippen molar-refractivity contribution in [3.05, 3.63) is 59.1 Å². The molecular weight excluding hydrogens is 549 g/mol. The molecule has 0 bridgehead atoms. The summed E-state index contributed by atoms with van der Waals surface area (Å²) in [5, 5.41) is 10.7. The van der Waals surface area contributed by atoms with E-state index in [4.69, 9.17) is 4.74 Å². The molecule has 2 unspecified atom stereocenters. The number of rotatable bonds is 7. The number of terminal acetylenes is 1. The fourth-order valence-corrected chi connectivity index (χ4v) is 8.80. The summed E-state index contributed by atoms with van der Waals surface area (Å²) in [6.45, 7) is 10.0. The molecular formula is C28H38FN4OSb. The summed E-state index contributed by atoms with van der Waals surface area (Å²) >= 11 is -1.62. The van der Waals surface area contributed by atoms with Gasteiger partial charge in [-0.1, -0.05) is 39.0 Å². The molecule has 1 aliphatic heterocycles. The zero-order chi connectivity index (χ0) is 25.6. The first-order valence-corrected chi connectivity index (χ1v) is 17.3. The average Bonchev–Trinajstić information content (AvgIpc) is 3.56. The molecule has 188 valence electrons. The number of H-pyrrole nitrogens is 1. The SMILES string of the molecule is C#C.C/C=C\C(=C/COC1CCC(c2cc(Nc3cc[c]4c(c3F)C[NH][Sb]4[CH3])n[nH]2)C1)C(C)(C)C. The molecule has 2 atom stereocenters. The third-order valence-corrected chi connectivity index (χ3v) is 11.7. The van der Waals surface area contributed by atoms with Crippen LogP contribution in [0.5, 0.6) is 0 Å². The van der Waals surface area contributed by atoms with Crippen LogP contribution in [0.1, 0.15) is 64.1 Å². The van der Waals surface area contributed by atoms with E-state index in [0.717, 1.165) is 30.5 Å². The standard InChI is InChI=1S/C25H33FN4O.C2H2.CH3.Sb/c1-5-7-19(25(2,3)4)12-13-31-20-11-10-17(14-20)22-15-23(30-29-22)28-21-9-6-8-18(16-27)24(21)26;1-2;;/h5-7,9,12,15,17,20,27H,10-11,13-14,16H2,1-4H3,(H2,28,29,30);1-2H;1H3;/q-1;;;+1/b7-5-,19-12+;;;. The Kier molecular flexibility index (Phi) is 9.64. The van der Waals surface area contributed by atoms with Gasteiger partial charge in [-0.3, -0.25) is 0 Å². The summed E-state index contributed by atoms with van der Waals surface area (Å²) in [6, 6.07) is 5.94. The van der Waals surface area contributed by atoms with Crippen LogP contribution in [0, 0.1) is 24.1 Å². The Morgan fingerprint density at radius 3 is 2.80 bits per heavy atom. The predicted octanol–water partition coefficient (Wildman–Crippen LogP) is 5.67. The molecule has 7 heteroatoms. The fourth-order valence-electron chi connectivity index (χ4n) is 4.67. The number of allylic oxidation sites excluding steroid dienone is 3. The van der Waals surface area contributed by atoms with Crippen molar-refractivity contribution in [1.29, 1.82) is 0 Å². The normalized spacial score (nSPS) is 20.6. The monoisotopic (exact) mass is 586 g/mol. The molecule has 2 aromatic rings. The van der Waals surface area contributed by atoms with Crippen LogP contribution in [0.25, 0.3) is 0 Å². The van der Waals surface area contributed by atoms with Gasteiger partial charge in [0.2, 0.25) is 0 Å². The van der Waals surface area contributed by atoms with E-state index in [2.05, 4.69) is 81.8 Å². The number of aromatic amines is 1. The van der Waals surface area contributed by atoms with Crippen LogP contribution in [0.2, 0.25) is 4.87 Å². The van der Waals surface area contributed by atoms with E-state index in [-0.39, 0.29) is 17.3 Å². The Bertz CT molecular complexity index is 1080. The third-order valence-electron chi connectivity index (χ3n) is 6.61. The third kappa shape index (κ3) is 6.79. The van der Waals surface area contributed by atoms with Crippen molar-refractivity contribution in [2.24, 2.45) is 5.41 Å². The first-order valence-electron chi connectivity index (χ1n) is 12.2. The topological polar surface area (TPSA) is 62.0 Å². The van der Waals surface area contributed by atoms with Gasteiger partial charge < -0.3 is 0 Å². The summed E-state index contributed by atoms with van der Waals surface area (Å²) in [6.07, 6.45) is 17.8. The first kappa shape index (κ1) is 27.5. The molecule has 1 aliphatic carbocycles. The molecule has 0 amide bonds.